The number of aliphatic hydroxyl groups is 1. The van der Waals surface area contributed by atoms with Crippen molar-refractivity contribution in [3.05, 3.63) is 28.2 Å². The van der Waals surface area contributed by atoms with E-state index in [0.717, 1.165) is 28.9 Å². The Morgan fingerprint density at radius 2 is 2.17 bits per heavy atom. The third kappa shape index (κ3) is 3.48. The molecule has 0 aromatic heterocycles. The van der Waals surface area contributed by atoms with Gasteiger partial charge in [-0.2, -0.15) is 0 Å². The minimum absolute atomic E-state index is 0.404. The molecule has 3 heteroatoms. The number of aliphatic hydroxyl groups excluding tert-OH is 1. The summed E-state index contributed by atoms with van der Waals surface area (Å²) in [5, 5.41) is 9.60. The summed E-state index contributed by atoms with van der Waals surface area (Å²) in [5.74, 6) is 0.889. The van der Waals surface area contributed by atoms with Crippen LogP contribution in [0.5, 0.6) is 0 Å². The normalized spacial score (nSPS) is 16.7. The van der Waals surface area contributed by atoms with Crippen LogP contribution in [0.3, 0.4) is 0 Å². The Labute approximate surface area is 118 Å². The highest BCUT2D eigenvalue weighted by atomic mass is 79.9. The number of benzene rings is 1. The molecule has 0 aliphatic heterocycles. The number of hydrogen-bond acceptors (Lipinski definition) is 2. The molecule has 2 rings (SSSR count). The molecule has 0 radical (unpaired) electrons. The van der Waals surface area contributed by atoms with Crippen molar-refractivity contribution >= 4 is 21.6 Å². The Morgan fingerprint density at radius 3 is 2.67 bits per heavy atom. The van der Waals surface area contributed by atoms with Crippen LogP contribution in [0.1, 0.15) is 44.8 Å². The molecule has 1 saturated carbocycles. The fraction of sp³-hybridized carbons (Fsp3) is 0.600. The molecular formula is C15H22BrNO. The Morgan fingerprint density at radius 1 is 1.44 bits per heavy atom. The molecule has 1 atom stereocenters. The van der Waals surface area contributed by atoms with Crippen LogP contribution in [-0.4, -0.2) is 18.2 Å². The van der Waals surface area contributed by atoms with Gasteiger partial charge in [-0.3, -0.25) is 0 Å². The molecule has 1 aliphatic rings. The SMILES string of the molecule is CCCN(CC1CC1)c1ccc([C@@H](C)O)cc1Br. The highest BCUT2D eigenvalue weighted by Crippen LogP contribution is 2.35. The van der Waals surface area contributed by atoms with E-state index in [4.69, 9.17) is 0 Å². The van der Waals surface area contributed by atoms with E-state index in [2.05, 4.69) is 33.8 Å². The Hall–Kier alpha value is -0.540. The van der Waals surface area contributed by atoms with Crippen molar-refractivity contribution in [1.29, 1.82) is 0 Å². The molecular weight excluding hydrogens is 290 g/mol. The first-order valence-electron chi connectivity index (χ1n) is 6.84. The monoisotopic (exact) mass is 311 g/mol. The molecule has 1 N–H and O–H groups in total. The largest absolute Gasteiger partial charge is 0.389 e. The second-order valence-corrected chi connectivity index (χ2v) is 6.13. The van der Waals surface area contributed by atoms with Crippen LogP contribution in [0, 0.1) is 5.92 Å². The first-order valence-corrected chi connectivity index (χ1v) is 7.63. The van der Waals surface area contributed by atoms with Gasteiger partial charge in [-0.05, 0) is 65.7 Å². The molecule has 1 aromatic rings. The highest BCUT2D eigenvalue weighted by molar-refractivity contribution is 9.10. The fourth-order valence-corrected chi connectivity index (χ4v) is 2.88. The lowest BCUT2D eigenvalue weighted by atomic mass is 10.1. The summed E-state index contributed by atoms with van der Waals surface area (Å²) < 4.78 is 1.09. The van der Waals surface area contributed by atoms with E-state index >= 15 is 0 Å². The predicted octanol–water partition coefficient (Wildman–Crippen LogP) is 4.13. The van der Waals surface area contributed by atoms with Gasteiger partial charge in [0.1, 0.15) is 0 Å². The molecule has 0 bridgehead atoms. The van der Waals surface area contributed by atoms with Gasteiger partial charge in [-0.25, -0.2) is 0 Å². The van der Waals surface area contributed by atoms with Gasteiger partial charge in [0.25, 0.3) is 0 Å². The van der Waals surface area contributed by atoms with E-state index in [0.29, 0.717) is 0 Å². The van der Waals surface area contributed by atoms with E-state index < -0.39 is 6.10 Å². The van der Waals surface area contributed by atoms with Gasteiger partial charge in [0.05, 0.1) is 11.8 Å². The van der Waals surface area contributed by atoms with Gasteiger partial charge in [0.15, 0.2) is 0 Å². The molecule has 0 spiro atoms. The van der Waals surface area contributed by atoms with Gasteiger partial charge in [-0.1, -0.05) is 13.0 Å². The van der Waals surface area contributed by atoms with Gasteiger partial charge in [0, 0.05) is 17.6 Å². The van der Waals surface area contributed by atoms with Crippen LogP contribution >= 0.6 is 15.9 Å². The van der Waals surface area contributed by atoms with E-state index in [-0.39, 0.29) is 0 Å². The molecule has 0 saturated heterocycles. The van der Waals surface area contributed by atoms with Gasteiger partial charge >= 0.3 is 0 Å². The Bertz CT molecular complexity index is 401. The lowest BCUT2D eigenvalue weighted by Gasteiger charge is -2.26. The molecule has 0 heterocycles. The zero-order valence-electron chi connectivity index (χ0n) is 11.2. The van der Waals surface area contributed by atoms with Gasteiger partial charge < -0.3 is 10.0 Å². The summed E-state index contributed by atoms with van der Waals surface area (Å²) in [4.78, 5) is 2.47. The lowest BCUT2D eigenvalue weighted by Crippen LogP contribution is -2.26. The zero-order valence-corrected chi connectivity index (χ0v) is 12.8. The standard InChI is InChI=1S/C15H22BrNO/c1-3-8-17(10-12-4-5-12)15-7-6-13(11(2)18)9-14(15)16/h6-7,9,11-12,18H,3-5,8,10H2,1-2H3/t11-/m1/s1. The second kappa shape index (κ2) is 6.07. The number of halogens is 1. The smallest absolute Gasteiger partial charge is 0.0762 e. The first-order chi connectivity index (χ1) is 8.61. The number of hydrogen-bond donors (Lipinski definition) is 1. The Balaban J connectivity index is 2.17. The summed E-state index contributed by atoms with van der Waals surface area (Å²) in [5.41, 5.74) is 2.22. The minimum atomic E-state index is -0.404. The molecule has 1 aromatic carbocycles. The lowest BCUT2D eigenvalue weighted by molar-refractivity contribution is 0.199. The fourth-order valence-electron chi connectivity index (χ4n) is 2.23. The topological polar surface area (TPSA) is 23.5 Å². The Kier molecular flexibility index (Phi) is 4.68. The quantitative estimate of drug-likeness (QED) is 0.854. The second-order valence-electron chi connectivity index (χ2n) is 5.28. The molecule has 100 valence electrons. The maximum atomic E-state index is 9.60. The summed E-state index contributed by atoms with van der Waals surface area (Å²) in [7, 11) is 0. The van der Waals surface area contributed by atoms with Gasteiger partial charge in [-0.15, -0.1) is 0 Å². The van der Waals surface area contributed by atoms with E-state index in [1.165, 1.54) is 25.1 Å². The molecule has 1 aliphatic carbocycles. The van der Waals surface area contributed by atoms with Crippen LogP contribution in [0.25, 0.3) is 0 Å². The number of nitrogens with zero attached hydrogens (tertiary/aromatic N) is 1. The predicted molar refractivity (Wildman–Crippen MR) is 80.0 cm³/mol. The van der Waals surface area contributed by atoms with E-state index in [9.17, 15) is 5.11 Å². The third-order valence-electron chi connectivity index (χ3n) is 3.46. The van der Waals surface area contributed by atoms with Crippen molar-refractivity contribution in [2.24, 2.45) is 5.92 Å². The maximum Gasteiger partial charge on any atom is 0.0762 e. The van der Waals surface area contributed by atoms with E-state index in [1.54, 1.807) is 6.92 Å². The number of rotatable bonds is 6. The molecule has 0 unspecified atom stereocenters. The minimum Gasteiger partial charge on any atom is -0.389 e. The van der Waals surface area contributed by atoms with Crippen molar-refractivity contribution in [1.82, 2.24) is 0 Å². The van der Waals surface area contributed by atoms with Crippen molar-refractivity contribution in [2.45, 2.75) is 39.2 Å². The number of anilines is 1. The third-order valence-corrected chi connectivity index (χ3v) is 4.10. The summed E-state index contributed by atoms with van der Waals surface area (Å²) in [6, 6.07) is 6.19. The molecule has 2 nitrogen and oxygen atoms in total. The van der Waals surface area contributed by atoms with E-state index in [1.807, 2.05) is 12.1 Å². The molecule has 0 amide bonds. The zero-order chi connectivity index (χ0) is 13.1. The van der Waals surface area contributed by atoms with Crippen molar-refractivity contribution < 1.29 is 5.11 Å². The van der Waals surface area contributed by atoms with Crippen LogP contribution in [0.15, 0.2) is 22.7 Å². The van der Waals surface area contributed by atoms with Crippen molar-refractivity contribution in [2.75, 3.05) is 18.0 Å². The van der Waals surface area contributed by atoms with Crippen LogP contribution < -0.4 is 4.90 Å². The van der Waals surface area contributed by atoms with Crippen LogP contribution in [0.2, 0.25) is 0 Å². The van der Waals surface area contributed by atoms with Crippen molar-refractivity contribution in [3.63, 3.8) is 0 Å². The summed E-state index contributed by atoms with van der Waals surface area (Å²) >= 11 is 3.64. The summed E-state index contributed by atoms with van der Waals surface area (Å²) in [6.07, 6.45) is 3.52. The average molecular weight is 312 g/mol. The van der Waals surface area contributed by atoms with Crippen LogP contribution in [-0.2, 0) is 0 Å². The first kappa shape index (κ1) is 13.9. The van der Waals surface area contributed by atoms with Crippen molar-refractivity contribution in [3.8, 4) is 0 Å². The maximum absolute atomic E-state index is 9.60. The average Bonchev–Trinajstić information content (AvgIpc) is 3.12. The molecule has 18 heavy (non-hydrogen) atoms. The summed E-state index contributed by atoms with van der Waals surface area (Å²) in [6.45, 7) is 6.29. The molecule has 1 fully saturated rings. The highest BCUT2D eigenvalue weighted by Gasteiger charge is 2.25. The van der Waals surface area contributed by atoms with Gasteiger partial charge in [0.2, 0.25) is 0 Å². The van der Waals surface area contributed by atoms with Crippen LogP contribution in [0.4, 0.5) is 5.69 Å².